The van der Waals surface area contributed by atoms with E-state index in [2.05, 4.69) is 49.3 Å². The van der Waals surface area contributed by atoms with E-state index in [4.69, 9.17) is 4.74 Å². The fourth-order valence-corrected chi connectivity index (χ4v) is 2.48. The van der Waals surface area contributed by atoms with E-state index in [0.717, 1.165) is 31.3 Å². The third kappa shape index (κ3) is 3.39. The predicted octanol–water partition coefficient (Wildman–Crippen LogP) is 2.52. The first-order valence-electron chi connectivity index (χ1n) is 6.84. The van der Waals surface area contributed by atoms with Gasteiger partial charge in [-0.1, -0.05) is 12.1 Å². The molecule has 1 heterocycles. The van der Waals surface area contributed by atoms with E-state index in [9.17, 15) is 0 Å². The lowest BCUT2D eigenvalue weighted by atomic mass is 10.1. The molecule has 0 aliphatic carbocycles. The highest BCUT2D eigenvalue weighted by atomic mass is 16.5. The third-order valence-corrected chi connectivity index (χ3v) is 3.33. The summed E-state index contributed by atoms with van der Waals surface area (Å²) in [6.07, 6.45) is 1.49. The standard InChI is InChI=1S/C15H24N2O/c1-12(2)18-15-7-5-4-6-14(15)17(3)11-13-8-9-16-10-13/h4-7,12-13,16H,8-11H2,1-3H3. The maximum Gasteiger partial charge on any atom is 0.142 e. The minimum Gasteiger partial charge on any atom is -0.489 e. The summed E-state index contributed by atoms with van der Waals surface area (Å²) in [6, 6.07) is 8.30. The molecule has 0 aromatic heterocycles. The molecule has 0 amide bonds. The molecule has 0 saturated carbocycles. The normalized spacial score (nSPS) is 19.2. The van der Waals surface area contributed by atoms with Crippen LogP contribution in [-0.4, -0.2) is 32.8 Å². The Labute approximate surface area is 110 Å². The van der Waals surface area contributed by atoms with Crippen LogP contribution in [0.2, 0.25) is 0 Å². The molecule has 1 aromatic rings. The zero-order chi connectivity index (χ0) is 13.0. The van der Waals surface area contributed by atoms with Crippen molar-refractivity contribution in [1.29, 1.82) is 0 Å². The van der Waals surface area contributed by atoms with Crippen LogP contribution in [0.3, 0.4) is 0 Å². The van der Waals surface area contributed by atoms with Crippen molar-refractivity contribution in [2.45, 2.75) is 26.4 Å². The minimum atomic E-state index is 0.215. The second-order valence-electron chi connectivity index (χ2n) is 5.37. The molecule has 1 N–H and O–H groups in total. The zero-order valence-corrected chi connectivity index (χ0v) is 11.6. The minimum absolute atomic E-state index is 0.215. The predicted molar refractivity (Wildman–Crippen MR) is 76.5 cm³/mol. The van der Waals surface area contributed by atoms with Crippen molar-refractivity contribution >= 4 is 5.69 Å². The van der Waals surface area contributed by atoms with Crippen LogP contribution in [0.25, 0.3) is 0 Å². The summed E-state index contributed by atoms with van der Waals surface area (Å²) in [4.78, 5) is 2.31. The first-order valence-corrected chi connectivity index (χ1v) is 6.84. The van der Waals surface area contributed by atoms with Gasteiger partial charge in [-0.25, -0.2) is 0 Å². The average molecular weight is 248 g/mol. The fourth-order valence-electron chi connectivity index (χ4n) is 2.48. The molecule has 1 aliphatic heterocycles. The van der Waals surface area contributed by atoms with E-state index in [1.54, 1.807) is 0 Å². The number of nitrogens with one attached hydrogen (secondary N) is 1. The number of nitrogens with zero attached hydrogens (tertiary/aromatic N) is 1. The second kappa shape index (κ2) is 6.10. The Morgan fingerprint density at radius 3 is 2.83 bits per heavy atom. The Morgan fingerprint density at radius 2 is 2.17 bits per heavy atom. The van der Waals surface area contributed by atoms with Crippen molar-refractivity contribution in [3.8, 4) is 5.75 Å². The highest BCUT2D eigenvalue weighted by Gasteiger charge is 2.18. The molecule has 1 aromatic carbocycles. The Bertz CT molecular complexity index is 373. The van der Waals surface area contributed by atoms with E-state index in [-0.39, 0.29) is 6.10 Å². The number of ether oxygens (including phenoxy) is 1. The summed E-state index contributed by atoms with van der Waals surface area (Å²) in [5.74, 6) is 1.74. The summed E-state index contributed by atoms with van der Waals surface area (Å²) in [7, 11) is 2.15. The molecule has 18 heavy (non-hydrogen) atoms. The largest absolute Gasteiger partial charge is 0.489 e. The van der Waals surface area contributed by atoms with Crippen LogP contribution in [0.4, 0.5) is 5.69 Å². The van der Waals surface area contributed by atoms with Gasteiger partial charge < -0.3 is 15.0 Å². The Morgan fingerprint density at radius 1 is 1.39 bits per heavy atom. The first-order chi connectivity index (χ1) is 8.66. The topological polar surface area (TPSA) is 24.5 Å². The van der Waals surface area contributed by atoms with Crippen molar-refractivity contribution in [1.82, 2.24) is 5.32 Å². The SMILES string of the molecule is CC(C)Oc1ccccc1N(C)CC1CCNC1. The van der Waals surface area contributed by atoms with Gasteiger partial charge in [0.15, 0.2) is 0 Å². The van der Waals surface area contributed by atoms with Gasteiger partial charge in [0.25, 0.3) is 0 Å². The summed E-state index contributed by atoms with van der Waals surface area (Å²) in [5, 5.41) is 3.42. The van der Waals surface area contributed by atoms with Crippen LogP contribution in [0.1, 0.15) is 20.3 Å². The van der Waals surface area contributed by atoms with Crippen LogP contribution in [0, 0.1) is 5.92 Å². The summed E-state index contributed by atoms with van der Waals surface area (Å²) >= 11 is 0. The summed E-state index contributed by atoms with van der Waals surface area (Å²) in [5.41, 5.74) is 1.19. The van der Waals surface area contributed by atoms with Crippen molar-refractivity contribution in [2.24, 2.45) is 5.92 Å². The number of hydrogen-bond donors (Lipinski definition) is 1. The van der Waals surface area contributed by atoms with E-state index in [1.165, 1.54) is 12.1 Å². The van der Waals surface area contributed by atoms with Crippen molar-refractivity contribution in [3.63, 3.8) is 0 Å². The van der Waals surface area contributed by atoms with Gasteiger partial charge in [-0.05, 0) is 51.4 Å². The molecular formula is C15H24N2O. The van der Waals surface area contributed by atoms with Crippen LogP contribution in [0.5, 0.6) is 5.75 Å². The van der Waals surface area contributed by atoms with Crippen molar-refractivity contribution < 1.29 is 4.74 Å². The Hall–Kier alpha value is -1.22. The van der Waals surface area contributed by atoms with E-state index < -0.39 is 0 Å². The van der Waals surface area contributed by atoms with Gasteiger partial charge in [-0.2, -0.15) is 0 Å². The van der Waals surface area contributed by atoms with Crippen molar-refractivity contribution in [2.75, 3.05) is 31.6 Å². The lowest BCUT2D eigenvalue weighted by Crippen LogP contribution is -2.27. The van der Waals surface area contributed by atoms with E-state index in [1.807, 2.05) is 6.07 Å². The van der Waals surface area contributed by atoms with E-state index in [0.29, 0.717) is 0 Å². The lowest BCUT2D eigenvalue weighted by Gasteiger charge is -2.25. The third-order valence-electron chi connectivity index (χ3n) is 3.33. The molecular weight excluding hydrogens is 224 g/mol. The Kier molecular flexibility index (Phi) is 4.48. The van der Waals surface area contributed by atoms with Gasteiger partial charge in [-0.3, -0.25) is 0 Å². The molecule has 1 unspecified atom stereocenters. The lowest BCUT2D eigenvalue weighted by molar-refractivity contribution is 0.243. The maximum absolute atomic E-state index is 5.87. The van der Waals surface area contributed by atoms with E-state index >= 15 is 0 Å². The quantitative estimate of drug-likeness (QED) is 0.866. The molecule has 3 nitrogen and oxygen atoms in total. The number of para-hydroxylation sites is 2. The molecule has 1 atom stereocenters. The molecule has 1 saturated heterocycles. The molecule has 0 bridgehead atoms. The summed E-state index contributed by atoms with van der Waals surface area (Å²) in [6.45, 7) is 7.51. The van der Waals surface area contributed by atoms with Crippen molar-refractivity contribution in [3.05, 3.63) is 24.3 Å². The first kappa shape index (κ1) is 13.2. The highest BCUT2D eigenvalue weighted by molar-refractivity contribution is 5.58. The molecule has 0 spiro atoms. The van der Waals surface area contributed by atoms with Crippen LogP contribution < -0.4 is 15.0 Å². The molecule has 3 heteroatoms. The number of rotatable bonds is 5. The van der Waals surface area contributed by atoms with Gasteiger partial charge in [0.05, 0.1) is 11.8 Å². The molecule has 100 valence electrons. The maximum atomic E-state index is 5.87. The molecule has 1 fully saturated rings. The monoisotopic (exact) mass is 248 g/mol. The number of hydrogen-bond acceptors (Lipinski definition) is 3. The molecule has 0 radical (unpaired) electrons. The zero-order valence-electron chi connectivity index (χ0n) is 11.6. The second-order valence-corrected chi connectivity index (χ2v) is 5.37. The van der Waals surface area contributed by atoms with Gasteiger partial charge in [0.2, 0.25) is 0 Å². The van der Waals surface area contributed by atoms with Crippen LogP contribution >= 0.6 is 0 Å². The average Bonchev–Trinajstić information content (AvgIpc) is 2.81. The van der Waals surface area contributed by atoms with Gasteiger partial charge in [0.1, 0.15) is 5.75 Å². The smallest absolute Gasteiger partial charge is 0.142 e. The number of anilines is 1. The molecule has 2 rings (SSSR count). The van der Waals surface area contributed by atoms with Crippen LogP contribution in [-0.2, 0) is 0 Å². The van der Waals surface area contributed by atoms with Gasteiger partial charge in [-0.15, -0.1) is 0 Å². The Balaban J connectivity index is 2.05. The number of benzene rings is 1. The van der Waals surface area contributed by atoms with Gasteiger partial charge in [0, 0.05) is 13.6 Å². The summed E-state index contributed by atoms with van der Waals surface area (Å²) < 4.78 is 5.87. The fraction of sp³-hybridized carbons (Fsp3) is 0.600. The van der Waals surface area contributed by atoms with Crippen LogP contribution in [0.15, 0.2) is 24.3 Å². The van der Waals surface area contributed by atoms with Gasteiger partial charge >= 0.3 is 0 Å². The highest BCUT2D eigenvalue weighted by Crippen LogP contribution is 2.29. The molecule has 1 aliphatic rings.